The predicted octanol–water partition coefficient (Wildman–Crippen LogP) is 2.17. The van der Waals surface area contributed by atoms with Gasteiger partial charge in [-0.25, -0.2) is 9.48 Å². The molecule has 2 aromatic heterocycles. The lowest BCUT2D eigenvalue weighted by molar-refractivity contribution is 0.0689. The van der Waals surface area contributed by atoms with E-state index >= 15 is 0 Å². The Kier molecular flexibility index (Phi) is 4.10. The third-order valence-corrected chi connectivity index (χ3v) is 3.94. The number of aromatic nitrogens is 4. The Morgan fingerprint density at radius 1 is 1.12 bits per heavy atom. The van der Waals surface area contributed by atoms with Crippen LogP contribution in [0.1, 0.15) is 32.2 Å². The number of aryl methyl sites for hydroxylation is 2. The van der Waals surface area contributed by atoms with Crippen molar-refractivity contribution in [2.45, 2.75) is 13.8 Å². The molecule has 0 radical (unpaired) electrons. The molecule has 0 unspecified atom stereocenters. The van der Waals surface area contributed by atoms with Crippen molar-refractivity contribution in [2.75, 3.05) is 5.32 Å². The van der Waals surface area contributed by atoms with Gasteiger partial charge in [0, 0.05) is 18.9 Å². The van der Waals surface area contributed by atoms with E-state index in [2.05, 4.69) is 15.5 Å². The number of carbonyl (C=O) groups is 2. The molecule has 0 saturated carbocycles. The molecule has 0 aliphatic heterocycles. The highest BCUT2D eigenvalue weighted by Gasteiger charge is 2.19. The molecule has 25 heavy (non-hydrogen) atoms. The van der Waals surface area contributed by atoms with Crippen molar-refractivity contribution in [3.63, 3.8) is 0 Å². The molecular weight excluding hydrogens is 322 g/mol. The summed E-state index contributed by atoms with van der Waals surface area (Å²) in [6.45, 7) is 3.61. The summed E-state index contributed by atoms with van der Waals surface area (Å²) in [6.07, 6.45) is 1.54. The molecule has 128 valence electrons. The van der Waals surface area contributed by atoms with Gasteiger partial charge in [-0.05, 0) is 32.0 Å². The first-order valence-electron chi connectivity index (χ1n) is 7.58. The van der Waals surface area contributed by atoms with Gasteiger partial charge in [-0.1, -0.05) is 12.1 Å². The Balaban J connectivity index is 1.96. The molecular formula is C17H17N5O3. The zero-order chi connectivity index (χ0) is 18.1. The first kappa shape index (κ1) is 16.4. The number of amides is 1. The highest BCUT2D eigenvalue weighted by molar-refractivity contribution is 6.06. The number of para-hydroxylation sites is 2. The summed E-state index contributed by atoms with van der Waals surface area (Å²) in [5, 5.41) is 20.1. The fourth-order valence-electron chi connectivity index (χ4n) is 2.64. The van der Waals surface area contributed by atoms with Crippen molar-refractivity contribution in [3.05, 3.63) is 59.2 Å². The molecule has 0 aliphatic rings. The number of hydrogen-bond donors (Lipinski definition) is 2. The zero-order valence-corrected chi connectivity index (χ0v) is 14.0. The Bertz CT molecular complexity index is 971. The minimum atomic E-state index is -1.11. The SMILES string of the molecule is Cc1nn(C)c(C)c1C(=O)Nc1ccccc1-n1ccc(C(=O)O)n1. The fraction of sp³-hybridized carbons (Fsp3) is 0.176. The van der Waals surface area contributed by atoms with E-state index < -0.39 is 5.97 Å². The summed E-state index contributed by atoms with van der Waals surface area (Å²) in [6, 6.07) is 8.45. The van der Waals surface area contributed by atoms with Gasteiger partial charge in [-0.3, -0.25) is 9.48 Å². The maximum Gasteiger partial charge on any atom is 0.356 e. The van der Waals surface area contributed by atoms with Gasteiger partial charge in [0.05, 0.1) is 22.6 Å². The lowest BCUT2D eigenvalue weighted by Gasteiger charge is -2.11. The molecule has 0 bridgehead atoms. The molecule has 0 saturated heterocycles. The number of carboxylic acids is 1. The molecule has 2 N–H and O–H groups in total. The quantitative estimate of drug-likeness (QED) is 0.758. The molecule has 8 nitrogen and oxygen atoms in total. The highest BCUT2D eigenvalue weighted by Crippen LogP contribution is 2.22. The van der Waals surface area contributed by atoms with E-state index in [-0.39, 0.29) is 11.6 Å². The second-order valence-corrected chi connectivity index (χ2v) is 5.59. The number of hydrogen-bond acceptors (Lipinski definition) is 4. The number of rotatable bonds is 4. The van der Waals surface area contributed by atoms with Gasteiger partial charge in [0.1, 0.15) is 0 Å². The smallest absolute Gasteiger partial charge is 0.356 e. The standard InChI is InChI=1S/C17H17N5O3/c1-10-15(11(2)21(3)19-10)16(23)18-12-6-4-5-7-14(12)22-9-8-13(20-22)17(24)25/h4-9H,1-3H3,(H,18,23)(H,24,25). The molecule has 3 aromatic rings. The van der Waals surface area contributed by atoms with Gasteiger partial charge >= 0.3 is 5.97 Å². The van der Waals surface area contributed by atoms with Crippen LogP contribution in [0.2, 0.25) is 0 Å². The van der Waals surface area contributed by atoms with Crippen LogP contribution in [0.5, 0.6) is 0 Å². The van der Waals surface area contributed by atoms with Crippen LogP contribution in [0.4, 0.5) is 5.69 Å². The van der Waals surface area contributed by atoms with Crippen molar-refractivity contribution >= 4 is 17.6 Å². The van der Waals surface area contributed by atoms with Gasteiger partial charge < -0.3 is 10.4 Å². The molecule has 0 atom stereocenters. The van der Waals surface area contributed by atoms with Crippen LogP contribution in [-0.4, -0.2) is 36.5 Å². The van der Waals surface area contributed by atoms with E-state index in [1.807, 2.05) is 6.92 Å². The van der Waals surface area contributed by atoms with Crippen LogP contribution in [0.25, 0.3) is 5.69 Å². The maximum atomic E-state index is 12.7. The lowest BCUT2D eigenvalue weighted by atomic mass is 10.1. The Morgan fingerprint density at radius 2 is 1.84 bits per heavy atom. The molecule has 3 rings (SSSR count). The van der Waals surface area contributed by atoms with E-state index in [0.29, 0.717) is 22.6 Å². The molecule has 2 heterocycles. The van der Waals surface area contributed by atoms with Crippen molar-refractivity contribution < 1.29 is 14.7 Å². The first-order valence-corrected chi connectivity index (χ1v) is 7.58. The third kappa shape index (κ3) is 3.01. The Hall–Kier alpha value is -3.42. The normalized spacial score (nSPS) is 10.7. The number of carboxylic acid groups (broad SMARTS) is 1. The first-order chi connectivity index (χ1) is 11.9. The average Bonchev–Trinajstić information content (AvgIpc) is 3.14. The monoisotopic (exact) mass is 339 g/mol. The molecule has 1 amide bonds. The molecule has 0 spiro atoms. The van der Waals surface area contributed by atoms with Gasteiger partial charge in [-0.2, -0.15) is 10.2 Å². The summed E-state index contributed by atoms with van der Waals surface area (Å²) in [5.41, 5.74) is 2.95. The second-order valence-electron chi connectivity index (χ2n) is 5.59. The Labute approximate surface area is 143 Å². The molecule has 0 aliphatic carbocycles. The maximum absolute atomic E-state index is 12.7. The molecule has 0 fully saturated rings. The number of benzene rings is 1. The predicted molar refractivity (Wildman–Crippen MR) is 91.2 cm³/mol. The summed E-state index contributed by atoms with van der Waals surface area (Å²) in [5.74, 6) is -1.39. The minimum Gasteiger partial charge on any atom is -0.476 e. The number of anilines is 1. The fourth-order valence-corrected chi connectivity index (χ4v) is 2.64. The van der Waals surface area contributed by atoms with Crippen LogP contribution >= 0.6 is 0 Å². The van der Waals surface area contributed by atoms with Crippen molar-refractivity contribution in [1.29, 1.82) is 0 Å². The number of carbonyl (C=O) groups excluding carboxylic acids is 1. The summed E-state index contributed by atoms with van der Waals surface area (Å²) >= 11 is 0. The van der Waals surface area contributed by atoms with Crippen LogP contribution in [0, 0.1) is 13.8 Å². The van der Waals surface area contributed by atoms with Gasteiger partial charge in [-0.15, -0.1) is 0 Å². The van der Waals surface area contributed by atoms with Crippen molar-refractivity contribution in [1.82, 2.24) is 19.6 Å². The van der Waals surface area contributed by atoms with Crippen molar-refractivity contribution in [3.8, 4) is 5.69 Å². The Morgan fingerprint density at radius 3 is 2.44 bits per heavy atom. The van der Waals surface area contributed by atoms with Gasteiger partial charge in [0.15, 0.2) is 5.69 Å². The second kappa shape index (κ2) is 6.23. The minimum absolute atomic E-state index is 0.0694. The number of nitrogens with zero attached hydrogens (tertiary/aromatic N) is 4. The topological polar surface area (TPSA) is 102 Å². The van der Waals surface area contributed by atoms with E-state index in [1.54, 1.807) is 42.9 Å². The zero-order valence-electron chi connectivity index (χ0n) is 14.0. The highest BCUT2D eigenvalue weighted by atomic mass is 16.4. The van der Waals surface area contributed by atoms with E-state index in [4.69, 9.17) is 5.11 Å². The van der Waals surface area contributed by atoms with Crippen LogP contribution in [0.15, 0.2) is 36.5 Å². The summed E-state index contributed by atoms with van der Waals surface area (Å²) < 4.78 is 3.07. The average molecular weight is 339 g/mol. The molecule has 1 aromatic carbocycles. The number of nitrogens with one attached hydrogen (secondary N) is 1. The summed E-state index contributed by atoms with van der Waals surface area (Å²) in [4.78, 5) is 23.7. The lowest BCUT2D eigenvalue weighted by Crippen LogP contribution is -2.16. The van der Waals surface area contributed by atoms with Crippen LogP contribution < -0.4 is 5.32 Å². The number of aromatic carboxylic acids is 1. The van der Waals surface area contributed by atoms with Gasteiger partial charge in [0.2, 0.25) is 0 Å². The van der Waals surface area contributed by atoms with Crippen LogP contribution in [-0.2, 0) is 7.05 Å². The summed E-state index contributed by atoms with van der Waals surface area (Å²) in [7, 11) is 1.78. The van der Waals surface area contributed by atoms with E-state index in [9.17, 15) is 9.59 Å². The van der Waals surface area contributed by atoms with Gasteiger partial charge in [0.25, 0.3) is 5.91 Å². The third-order valence-electron chi connectivity index (χ3n) is 3.94. The van der Waals surface area contributed by atoms with E-state index in [1.165, 1.54) is 16.9 Å². The largest absolute Gasteiger partial charge is 0.476 e. The molecule has 8 heteroatoms. The van der Waals surface area contributed by atoms with Crippen LogP contribution in [0.3, 0.4) is 0 Å². The van der Waals surface area contributed by atoms with Crippen molar-refractivity contribution in [2.24, 2.45) is 7.05 Å². The van der Waals surface area contributed by atoms with E-state index in [0.717, 1.165) is 5.69 Å².